The van der Waals surface area contributed by atoms with Gasteiger partial charge in [0.1, 0.15) is 5.52 Å². The molecule has 25 heavy (non-hydrogen) atoms. The maximum Gasteiger partial charge on any atom is 0.321 e. The predicted molar refractivity (Wildman–Crippen MR) is 100 cm³/mol. The number of anilines is 2. The Morgan fingerprint density at radius 2 is 2.04 bits per heavy atom. The highest BCUT2D eigenvalue weighted by Crippen LogP contribution is 2.24. The molecule has 0 saturated heterocycles. The molecule has 0 fully saturated rings. The summed E-state index contributed by atoms with van der Waals surface area (Å²) in [6.07, 6.45) is 0.552. The number of nitrogens with zero attached hydrogens (tertiary/aromatic N) is 3. The molecule has 0 radical (unpaired) electrons. The summed E-state index contributed by atoms with van der Waals surface area (Å²) in [6.45, 7) is 7.41. The number of hydrogen-bond acceptors (Lipinski definition) is 5. The number of amides is 2. The lowest BCUT2D eigenvalue weighted by Crippen LogP contribution is -2.41. The average Bonchev–Trinajstić information content (AvgIpc) is 2.93. The van der Waals surface area contributed by atoms with Crippen molar-refractivity contribution in [3.8, 4) is 0 Å². The van der Waals surface area contributed by atoms with Gasteiger partial charge < -0.3 is 24.6 Å². The second-order valence-corrected chi connectivity index (χ2v) is 7.56. The number of aromatic nitrogens is 1. The Morgan fingerprint density at radius 1 is 1.32 bits per heavy atom. The highest BCUT2D eigenvalue weighted by atomic mass is 16.4. The third-order valence-electron chi connectivity index (χ3n) is 3.55. The maximum atomic E-state index is 12.6. The van der Waals surface area contributed by atoms with Crippen LogP contribution in [0.2, 0.25) is 0 Å². The van der Waals surface area contributed by atoms with Crippen LogP contribution in [0.25, 0.3) is 11.1 Å². The van der Waals surface area contributed by atoms with E-state index in [1.807, 2.05) is 26.2 Å². The number of rotatable bonds is 6. The minimum absolute atomic E-state index is 0.0255. The fourth-order valence-corrected chi connectivity index (χ4v) is 2.47. The summed E-state index contributed by atoms with van der Waals surface area (Å²) in [5.74, 6) is 0. The van der Waals surface area contributed by atoms with Crippen molar-refractivity contribution in [1.82, 2.24) is 9.88 Å². The molecule has 1 aromatic carbocycles. The van der Waals surface area contributed by atoms with Crippen LogP contribution in [0.4, 0.5) is 16.5 Å². The van der Waals surface area contributed by atoms with E-state index in [1.54, 1.807) is 15.9 Å². The Labute approximate surface area is 148 Å². The molecule has 0 saturated carbocycles. The van der Waals surface area contributed by atoms with Gasteiger partial charge in [-0.05, 0) is 24.0 Å². The summed E-state index contributed by atoms with van der Waals surface area (Å²) in [5.41, 5.74) is 2.00. The second-order valence-electron chi connectivity index (χ2n) is 7.56. The quantitative estimate of drug-likeness (QED) is 0.838. The number of hydrogen-bond donors (Lipinski definition) is 2. The van der Waals surface area contributed by atoms with Gasteiger partial charge in [0.25, 0.3) is 6.01 Å². The number of oxazole rings is 1. The van der Waals surface area contributed by atoms with Crippen LogP contribution < -0.4 is 10.2 Å². The maximum absolute atomic E-state index is 12.6. The van der Waals surface area contributed by atoms with Gasteiger partial charge in [-0.3, -0.25) is 0 Å². The first-order chi connectivity index (χ1) is 11.7. The van der Waals surface area contributed by atoms with Crippen molar-refractivity contribution in [2.24, 2.45) is 5.41 Å². The van der Waals surface area contributed by atoms with Gasteiger partial charge >= 0.3 is 6.03 Å². The second kappa shape index (κ2) is 7.74. The lowest BCUT2D eigenvalue weighted by atomic mass is 9.96. The fourth-order valence-electron chi connectivity index (χ4n) is 2.47. The van der Waals surface area contributed by atoms with Crippen LogP contribution in [0.1, 0.15) is 27.2 Å². The molecule has 0 aliphatic rings. The van der Waals surface area contributed by atoms with Crippen LogP contribution in [0.15, 0.2) is 22.6 Å². The Hall–Kier alpha value is -2.28. The van der Waals surface area contributed by atoms with E-state index in [4.69, 9.17) is 9.52 Å². The van der Waals surface area contributed by atoms with E-state index < -0.39 is 0 Å². The standard InChI is InChI=1S/C18H28N4O3/c1-18(2,3)12-22(9-6-10-23)16(24)19-13-7-8-14-15(11-13)25-17(20-14)21(4)5/h7-8,11,23H,6,9-10,12H2,1-5H3,(H,19,24). The zero-order chi connectivity index (χ0) is 18.6. The average molecular weight is 348 g/mol. The molecule has 0 aliphatic heterocycles. The highest BCUT2D eigenvalue weighted by molar-refractivity contribution is 5.91. The zero-order valence-electron chi connectivity index (χ0n) is 15.7. The molecule has 2 amide bonds. The SMILES string of the molecule is CN(C)c1nc2ccc(NC(=O)N(CCCO)CC(C)(C)C)cc2o1. The minimum Gasteiger partial charge on any atom is -0.423 e. The predicted octanol–water partition coefficient (Wildman–Crippen LogP) is 3.16. The van der Waals surface area contributed by atoms with Crippen molar-refractivity contribution in [2.45, 2.75) is 27.2 Å². The first-order valence-electron chi connectivity index (χ1n) is 8.44. The van der Waals surface area contributed by atoms with Crippen LogP contribution in [0.3, 0.4) is 0 Å². The molecule has 2 rings (SSSR count). The van der Waals surface area contributed by atoms with Gasteiger partial charge in [-0.1, -0.05) is 20.8 Å². The smallest absolute Gasteiger partial charge is 0.321 e. The third kappa shape index (κ3) is 5.35. The molecular weight excluding hydrogens is 320 g/mol. The molecule has 0 atom stereocenters. The van der Waals surface area contributed by atoms with E-state index >= 15 is 0 Å². The lowest BCUT2D eigenvalue weighted by molar-refractivity contribution is 0.176. The molecule has 7 nitrogen and oxygen atoms in total. The molecule has 0 bridgehead atoms. The van der Waals surface area contributed by atoms with Crippen LogP contribution in [-0.4, -0.2) is 54.8 Å². The lowest BCUT2D eigenvalue weighted by Gasteiger charge is -2.30. The van der Waals surface area contributed by atoms with E-state index in [0.717, 1.165) is 5.52 Å². The first kappa shape index (κ1) is 19.1. The van der Waals surface area contributed by atoms with Crippen molar-refractivity contribution < 1.29 is 14.3 Å². The monoisotopic (exact) mass is 348 g/mol. The number of carbonyl (C=O) groups excluding carboxylic acids is 1. The first-order valence-corrected chi connectivity index (χ1v) is 8.44. The number of aliphatic hydroxyl groups is 1. The molecule has 138 valence electrons. The third-order valence-corrected chi connectivity index (χ3v) is 3.55. The largest absolute Gasteiger partial charge is 0.423 e. The topological polar surface area (TPSA) is 81.8 Å². The Bertz CT molecular complexity index is 719. The van der Waals surface area contributed by atoms with Gasteiger partial charge in [0.15, 0.2) is 5.58 Å². The van der Waals surface area contributed by atoms with Crippen molar-refractivity contribution >= 4 is 28.8 Å². The van der Waals surface area contributed by atoms with Gasteiger partial charge in [-0.2, -0.15) is 4.98 Å². The fraction of sp³-hybridized carbons (Fsp3) is 0.556. The van der Waals surface area contributed by atoms with Crippen LogP contribution >= 0.6 is 0 Å². The number of aliphatic hydroxyl groups excluding tert-OH is 1. The van der Waals surface area contributed by atoms with Gasteiger partial charge in [0.2, 0.25) is 0 Å². The summed E-state index contributed by atoms with van der Waals surface area (Å²) in [4.78, 5) is 20.5. The molecule has 1 heterocycles. The van der Waals surface area contributed by atoms with Crippen molar-refractivity contribution in [1.29, 1.82) is 0 Å². The molecule has 2 N–H and O–H groups in total. The summed E-state index contributed by atoms with van der Waals surface area (Å²) in [5, 5.41) is 12.0. The van der Waals surface area contributed by atoms with Crippen LogP contribution in [0.5, 0.6) is 0 Å². The molecule has 0 spiro atoms. The van der Waals surface area contributed by atoms with Crippen LogP contribution in [0, 0.1) is 5.41 Å². The van der Waals surface area contributed by atoms with E-state index in [-0.39, 0.29) is 18.1 Å². The van der Waals surface area contributed by atoms with E-state index in [2.05, 4.69) is 31.1 Å². The molecule has 1 aromatic heterocycles. The molecule has 2 aromatic rings. The van der Waals surface area contributed by atoms with E-state index in [9.17, 15) is 4.79 Å². The summed E-state index contributed by atoms with van der Waals surface area (Å²) < 4.78 is 5.67. The van der Waals surface area contributed by atoms with E-state index in [1.165, 1.54) is 0 Å². The summed E-state index contributed by atoms with van der Waals surface area (Å²) in [6, 6.07) is 5.74. The van der Waals surface area contributed by atoms with Gasteiger partial charge in [0.05, 0.1) is 0 Å². The molecule has 7 heteroatoms. The van der Waals surface area contributed by atoms with Gasteiger partial charge in [-0.15, -0.1) is 0 Å². The molecular formula is C18H28N4O3. The normalized spacial score (nSPS) is 11.6. The number of benzene rings is 1. The van der Waals surface area contributed by atoms with E-state index in [0.29, 0.717) is 36.8 Å². The number of nitrogens with one attached hydrogen (secondary N) is 1. The highest BCUT2D eigenvalue weighted by Gasteiger charge is 2.21. The Morgan fingerprint density at radius 3 is 2.64 bits per heavy atom. The Kier molecular flexibility index (Phi) is 5.89. The van der Waals surface area contributed by atoms with Crippen molar-refractivity contribution in [3.05, 3.63) is 18.2 Å². The minimum atomic E-state index is -0.185. The van der Waals surface area contributed by atoms with Crippen molar-refractivity contribution in [2.75, 3.05) is 44.0 Å². The van der Waals surface area contributed by atoms with Gasteiger partial charge in [0, 0.05) is 45.5 Å². The molecule has 0 aliphatic carbocycles. The number of fused-ring (bicyclic) bond motifs is 1. The molecule has 0 unspecified atom stereocenters. The summed E-state index contributed by atoms with van der Waals surface area (Å²) >= 11 is 0. The summed E-state index contributed by atoms with van der Waals surface area (Å²) in [7, 11) is 3.72. The number of carbonyl (C=O) groups is 1. The van der Waals surface area contributed by atoms with Crippen LogP contribution in [-0.2, 0) is 0 Å². The zero-order valence-corrected chi connectivity index (χ0v) is 15.7. The van der Waals surface area contributed by atoms with Crippen molar-refractivity contribution in [3.63, 3.8) is 0 Å². The number of urea groups is 1. The Balaban J connectivity index is 2.14. The van der Waals surface area contributed by atoms with Gasteiger partial charge in [-0.25, -0.2) is 4.79 Å².